The van der Waals surface area contributed by atoms with Gasteiger partial charge >= 0.3 is 0 Å². The van der Waals surface area contributed by atoms with Gasteiger partial charge in [0.25, 0.3) is 0 Å². The molecule has 9 heteroatoms. The Morgan fingerprint density at radius 3 is 2.68 bits per heavy atom. The van der Waals surface area contributed by atoms with E-state index in [0.717, 1.165) is 33.8 Å². The van der Waals surface area contributed by atoms with Crippen molar-refractivity contribution in [3.05, 3.63) is 34.8 Å². The molecule has 1 aliphatic heterocycles. The van der Waals surface area contributed by atoms with Gasteiger partial charge in [0.1, 0.15) is 10.3 Å². The van der Waals surface area contributed by atoms with Crippen molar-refractivity contribution >= 4 is 40.6 Å². The smallest absolute Gasteiger partial charge is 0.247 e. The molecule has 114 valence electrons. The van der Waals surface area contributed by atoms with Gasteiger partial charge in [0, 0.05) is 12.5 Å². The number of aryl methyl sites for hydroxylation is 1. The van der Waals surface area contributed by atoms with E-state index in [9.17, 15) is 18.4 Å². The molecule has 5 nitrogen and oxygen atoms in total. The lowest BCUT2D eigenvalue weighted by Gasteiger charge is -2.14. The molecule has 0 radical (unpaired) electrons. The van der Waals surface area contributed by atoms with Crippen molar-refractivity contribution in [3.63, 3.8) is 0 Å². The molecule has 2 amide bonds. The maximum Gasteiger partial charge on any atom is 0.247 e. The zero-order valence-corrected chi connectivity index (χ0v) is 12.9. The molecule has 0 saturated carbocycles. The standard InChI is InChI=1S/C13H9F2N3O2S2/c1-6-16-17-13(21-6)22-10-5-11(19)18(12(10)20)7-2-3-8(14)9(15)4-7/h2-4,10H,5H2,1H3. The fourth-order valence-corrected chi connectivity index (χ4v) is 4.12. The number of thioether (sulfide) groups is 1. The Morgan fingerprint density at radius 1 is 1.27 bits per heavy atom. The number of carbonyl (C=O) groups excluding carboxylic acids is 2. The van der Waals surface area contributed by atoms with Gasteiger partial charge in [0.05, 0.1) is 5.69 Å². The topological polar surface area (TPSA) is 63.2 Å². The summed E-state index contributed by atoms with van der Waals surface area (Å²) in [7, 11) is 0. The first-order valence-electron chi connectivity index (χ1n) is 6.24. The fourth-order valence-electron chi connectivity index (χ4n) is 2.04. The highest BCUT2D eigenvalue weighted by Gasteiger charge is 2.41. The molecule has 1 unspecified atom stereocenters. The Bertz CT molecular complexity index is 765. The second kappa shape index (κ2) is 5.73. The molecule has 1 aromatic carbocycles. The third kappa shape index (κ3) is 2.73. The summed E-state index contributed by atoms with van der Waals surface area (Å²) in [5, 5.41) is 7.88. The molecule has 22 heavy (non-hydrogen) atoms. The van der Waals surface area contributed by atoms with Crippen molar-refractivity contribution in [3.8, 4) is 0 Å². The first kappa shape index (κ1) is 15.0. The van der Waals surface area contributed by atoms with E-state index in [4.69, 9.17) is 0 Å². The van der Waals surface area contributed by atoms with Crippen LogP contribution in [0.5, 0.6) is 0 Å². The van der Waals surface area contributed by atoms with Gasteiger partial charge < -0.3 is 0 Å². The summed E-state index contributed by atoms with van der Waals surface area (Å²) in [5.41, 5.74) is 0.0328. The maximum absolute atomic E-state index is 13.3. The van der Waals surface area contributed by atoms with E-state index in [-0.39, 0.29) is 12.1 Å². The molecule has 3 rings (SSSR count). The van der Waals surface area contributed by atoms with Gasteiger partial charge in [-0.1, -0.05) is 23.1 Å². The zero-order valence-electron chi connectivity index (χ0n) is 11.2. The number of anilines is 1. The highest BCUT2D eigenvalue weighted by atomic mass is 32.2. The van der Waals surface area contributed by atoms with Crippen molar-refractivity contribution in [1.82, 2.24) is 10.2 Å². The molecule has 0 aliphatic carbocycles. The average Bonchev–Trinajstić information content (AvgIpc) is 2.98. The molecule has 1 saturated heterocycles. The van der Waals surface area contributed by atoms with Crippen LogP contribution in [0.1, 0.15) is 11.4 Å². The van der Waals surface area contributed by atoms with Gasteiger partial charge in [-0.05, 0) is 19.1 Å². The second-order valence-corrected chi connectivity index (χ2v) is 7.19. The summed E-state index contributed by atoms with van der Waals surface area (Å²) in [5.74, 6) is -3.05. The Labute approximate surface area is 132 Å². The molecule has 1 aromatic heterocycles. The minimum absolute atomic E-state index is 0.0128. The minimum Gasteiger partial charge on any atom is -0.274 e. The van der Waals surface area contributed by atoms with Gasteiger partial charge in [-0.15, -0.1) is 10.2 Å². The number of hydrogen-bond donors (Lipinski definition) is 0. The monoisotopic (exact) mass is 341 g/mol. The normalized spacial score (nSPS) is 18.3. The van der Waals surface area contributed by atoms with E-state index in [2.05, 4.69) is 10.2 Å². The zero-order chi connectivity index (χ0) is 15.9. The lowest BCUT2D eigenvalue weighted by atomic mass is 10.3. The molecule has 0 N–H and O–H groups in total. The number of halogens is 2. The Morgan fingerprint density at radius 2 is 2.05 bits per heavy atom. The van der Waals surface area contributed by atoms with Gasteiger partial charge in [-0.2, -0.15) is 0 Å². The largest absolute Gasteiger partial charge is 0.274 e. The highest BCUT2D eigenvalue weighted by molar-refractivity contribution is 8.02. The van der Waals surface area contributed by atoms with Crippen LogP contribution in [-0.2, 0) is 9.59 Å². The van der Waals surface area contributed by atoms with E-state index in [1.54, 1.807) is 6.92 Å². The first-order chi connectivity index (χ1) is 10.5. The number of rotatable bonds is 3. The molecule has 1 aliphatic rings. The van der Waals surface area contributed by atoms with Crippen LogP contribution in [-0.4, -0.2) is 27.3 Å². The SMILES string of the molecule is Cc1nnc(SC2CC(=O)N(c3ccc(F)c(F)c3)C2=O)s1. The summed E-state index contributed by atoms with van der Waals surface area (Å²) in [6.07, 6.45) is -0.0128. The predicted molar refractivity (Wildman–Crippen MR) is 77.8 cm³/mol. The van der Waals surface area contributed by atoms with Crippen LogP contribution in [0.3, 0.4) is 0 Å². The molecular weight excluding hydrogens is 332 g/mol. The third-order valence-electron chi connectivity index (χ3n) is 3.02. The minimum atomic E-state index is -1.10. The van der Waals surface area contributed by atoms with Gasteiger partial charge in [-0.3, -0.25) is 9.59 Å². The van der Waals surface area contributed by atoms with Crippen molar-refractivity contribution < 1.29 is 18.4 Å². The molecule has 2 heterocycles. The lowest BCUT2D eigenvalue weighted by Crippen LogP contribution is -2.31. The van der Waals surface area contributed by atoms with Crippen LogP contribution < -0.4 is 4.90 Å². The third-order valence-corrected chi connectivity index (χ3v) is 5.13. The fraction of sp³-hybridized carbons (Fsp3) is 0.231. The Kier molecular flexibility index (Phi) is 3.92. The summed E-state index contributed by atoms with van der Waals surface area (Å²) >= 11 is 2.48. The molecule has 1 fully saturated rings. The van der Waals surface area contributed by atoms with Crippen LogP contribution >= 0.6 is 23.1 Å². The number of benzene rings is 1. The number of carbonyl (C=O) groups is 2. The van der Waals surface area contributed by atoms with E-state index >= 15 is 0 Å². The van der Waals surface area contributed by atoms with Gasteiger partial charge in [0.15, 0.2) is 16.0 Å². The lowest BCUT2D eigenvalue weighted by molar-refractivity contribution is -0.121. The first-order valence-corrected chi connectivity index (χ1v) is 7.94. The van der Waals surface area contributed by atoms with Crippen molar-refractivity contribution in [1.29, 1.82) is 0 Å². The number of aromatic nitrogens is 2. The number of imide groups is 1. The molecule has 0 spiro atoms. The number of amides is 2. The van der Waals surface area contributed by atoms with Crippen molar-refractivity contribution in [2.75, 3.05) is 4.90 Å². The van der Waals surface area contributed by atoms with Crippen LogP contribution in [0.25, 0.3) is 0 Å². The van der Waals surface area contributed by atoms with E-state index in [0.29, 0.717) is 4.34 Å². The Hall–Kier alpha value is -1.87. The average molecular weight is 341 g/mol. The summed E-state index contributed by atoms with van der Waals surface area (Å²) in [6.45, 7) is 1.79. The van der Waals surface area contributed by atoms with Gasteiger partial charge in [0.2, 0.25) is 11.8 Å². The van der Waals surface area contributed by atoms with Crippen LogP contribution in [0.4, 0.5) is 14.5 Å². The van der Waals surface area contributed by atoms with Crippen LogP contribution in [0.2, 0.25) is 0 Å². The number of nitrogens with zero attached hydrogens (tertiary/aromatic N) is 3. The highest BCUT2D eigenvalue weighted by Crippen LogP contribution is 2.35. The summed E-state index contributed by atoms with van der Waals surface area (Å²) in [4.78, 5) is 25.3. The Balaban J connectivity index is 1.83. The second-order valence-electron chi connectivity index (χ2n) is 4.56. The summed E-state index contributed by atoms with van der Waals surface area (Å²) in [6, 6.07) is 2.93. The van der Waals surface area contributed by atoms with Crippen molar-refractivity contribution in [2.24, 2.45) is 0 Å². The van der Waals surface area contributed by atoms with E-state index in [1.807, 2.05) is 0 Å². The van der Waals surface area contributed by atoms with Crippen LogP contribution in [0.15, 0.2) is 22.5 Å². The number of hydrogen-bond acceptors (Lipinski definition) is 6. The molecule has 1 atom stereocenters. The van der Waals surface area contributed by atoms with Crippen LogP contribution in [0, 0.1) is 18.6 Å². The molecule has 0 bridgehead atoms. The predicted octanol–water partition coefficient (Wildman–Crippen LogP) is 2.55. The van der Waals surface area contributed by atoms with E-state index < -0.39 is 28.7 Å². The quantitative estimate of drug-likeness (QED) is 0.803. The van der Waals surface area contributed by atoms with E-state index in [1.165, 1.54) is 17.4 Å². The summed E-state index contributed by atoms with van der Waals surface area (Å²) < 4.78 is 26.8. The van der Waals surface area contributed by atoms with Gasteiger partial charge in [-0.25, -0.2) is 13.7 Å². The molecular formula is C13H9F2N3O2S2. The van der Waals surface area contributed by atoms with Crippen molar-refractivity contribution in [2.45, 2.75) is 22.9 Å². The molecule has 2 aromatic rings. The maximum atomic E-state index is 13.3.